The van der Waals surface area contributed by atoms with Gasteiger partial charge >= 0.3 is 10.2 Å². The molecule has 45 heavy (non-hydrogen) atoms. The van der Waals surface area contributed by atoms with Crippen molar-refractivity contribution in [2.24, 2.45) is 5.92 Å². The molecule has 0 amide bonds. The second-order valence-corrected chi connectivity index (χ2v) is 12.8. The van der Waals surface area contributed by atoms with Crippen LogP contribution in [0.1, 0.15) is 40.7 Å². The van der Waals surface area contributed by atoms with Crippen molar-refractivity contribution in [1.82, 2.24) is 14.3 Å². The Labute approximate surface area is 256 Å². The van der Waals surface area contributed by atoms with E-state index < -0.39 is 51.6 Å². The number of aromatic nitrogens is 2. The number of carbonyl (C=O) groups is 2. The highest BCUT2D eigenvalue weighted by atomic mass is 32.2. The zero-order valence-corrected chi connectivity index (χ0v) is 24.6. The summed E-state index contributed by atoms with van der Waals surface area (Å²) < 4.78 is 72.3. The largest absolute Gasteiger partial charge is 0.370 e. The number of nitrogens with zero attached hydrogens (tertiary/aromatic N) is 4. The van der Waals surface area contributed by atoms with Crippen LogP contribution in [-0.2, 0) is 15.0 Å². The van der Waals surface area contributed by atoms with Gasteiger partial charge in [0.1, 0.15) is 30.0 Å². The quantitative estimate of drug-likeness (QED) is 0.211. The number of ketones is 1. The summed E-state index contributed by atoms with van der Waals surface area (Å²) in [6.45, 7) is 0.791. The van der Waals surface area contributed by atoms with Gasteiger partial charge < -0.3 is 14.7 Å². The summed E-state index contributed by atoms with van der Waals surface area (Å²) in [6, 6.07) is 10.8. The second kappa shape index (κ2) is 12.0. The Kier molecular flexibility index (Phi) is 8.07. The highest BCUT2D eigenvalue weighted by molar-refractivity contribution is 7.90. The zero-order chi connectivity index (χ0) is 31.9. The van der Waals surface area contributed by atoms with Crippen molar-refractivity contribution in [3.05, 3.63) is 77.1 Å². The number of aldehydes is 1. The van der Waals surface area contributed by atoms with E-state index in [0.29, 0.717) is 42.6 Å². The van der Waals surface area contributed by atoms with Crippen LogP contribution < -0.4 is 9.62 Å². The number of alkyl halides is 1. The highest BCUT2D eigenvalue weighted by Crippen LogP contribution is 2.33. The molecule has 14 heteroatoms. The van der Waals surface area contributed by atoms with E-state index in [1.54, 1.807) is 18.2 Å². The molecule has 0 spiro atoms. The average molecular weight is 637 g/mol. The Morgan fingerprint density at radius 3 is 2.56 bits per heavy atom. The number of nitrogens with one attached hydrogen (secondary N) is 2. The van der Waals surface area contributed by atoms with E-state index in [9.17, 15) is 32.0 Å². The van der Waals surface area contributed by atoms with Crippen LogP contribution in [0.25, 0.3) is 22.2 Å². The van der Waals surface area contributed by atoms with Gasteiger partial charge in [0.15, 0.2) is 5.82 Å². The minimum absolute atomic E-state index is 0.00357. The first kappa shape index (κ1) is 30.3. The van der Waals surface area contributed by atoms with E-state index in [2.05, 4.69) is 20.9 Å². The molecule has 4 aromatic rings. The predicted octanol–water partition coefficient (Wildman–Crippen LogP) is 4.73. The minimum Gasteiger partial charge on any atom is -0.370 e. The number of anilines is 2. The molecule has 10 nitrogen and oxygen atoms in total. The maximum absolute atomic E-state index is 15.6. The highest BCUT2D eigenvalue weighted by Gasteiger charge is 2.33. The topological polar surface area (TPSA) is 139 Å². The van der Waals surface area contributed by atoms with Crippen LogP contribution >= 0.6 is 0 Å². The summed E-state index contributed by atoms with van der Waals surface area (Å²) in [5.74, 6) is -3.65. The monoisotopic (exact) mass is 636 g/mol. The third-order valence-electron chi connectivity index (χ3n) is 8.29. The molecule has 232 valence electrons. The third-order valence-corrected chi connectivity index (χ3v) is 9.78. The molecule has 2 N–H and O–H groups in total. The molecule has 6 rings (SSSR count). The minimum atomic E-state index is -4.36. The number of carbonyl (C=O) groups excluding carboxylic acids is 2. The summed E-state index contributed by atoms with van der Waals surface area (Å²) >= 11 is 0. The molecule has 0 bridgehead atoms. The molecule has 2 aromatic heterocycles. The van der Waals surface area contributed by atoms with Gasteiger partial charge in [-0.05, 0) is 55.2 Å². The molecule has 2 saturated heterocycles. The van der Waals surface area contributed by atoms with Gasteiger partial charge in [-0.2, -0.15) is 18.0 Å². The van der Waals surface area contributed by atoms with Crippen molar-refractivity contribution in [3.8, 4) is 17.2 Å². The van der Waals surface area contributed by atoms with Crippen molar-refractivity contribution < 1.29 is 31.2 Å². The summed E-state index contributed by atoms with van der Waals surface area (Å²) in [5, 5.41) is 10.1. The van der Waals surface area contributed by atoms with E-state index in [0.717, 1.165) is 28.4 Å². The Morgan fingerprint density at radius 2 is 1.87 bits per heavy atom. The second-order valence-electron chi connectivity index (χ2n) is 11.1. The average Bonchev–Trinajstić information content (AvgIpc) is 3.68. The van der Waals surface area contributed by atoms with Crippen LogP contribution in [0.5, 0.6) is 0 Å². The molecule has 2 fully saturated rings. The Hall–Kier alpha value is -4.74. The van der Waals surface area contributed by atoms with E-state index >= 15 is 4.39 Å². The molecule has 0 aliphatic carbocycles. The summed E-state index contributed by atoms with van der Waals surface area (Å²) in [5.41, 5.74) is 0.865. The SMILES string of the molecule is N#Cc1cc(-c2cnc3[nH]cc(C(=O)c4c(F)ccc(NS(=O)(=O)N5CC[C@@H](F)C5)c4F)c3c2)ccc1N1CCC(C=O)CC1. The van der Waals surface area contributed by atoms with Gasteiger partial charge in [0.25, 0.3) is 0 Å². The van der Waals surface area contributed by atoms with E-state index in [-0.39, 0.29) is 35.5 Å². The number of fused-ring (bicyclic) bond motifs is 1. The van der Waals surface area contributed by atoms with Gasteiger partial charge in [0.05, 0.1) is 22.5 Å². The van der Waals surface area contributed by atoms with Crippen LogP contribution in [-0.4, -0.2) is 67.1 Å². The van der Waals surface area contributed by atoms with Crippen molar-refractivity contribution in [3.63, 3.8) is 0 Å². The van der Waals surface area contributed by atoms with Crippen molar-refractivity contribution in [2.75, 3.05) is 35.8 Å². The Morgan fingerprint density at radius 1 is 1.09 bits per heavy atom. The fourth-order valence-corrected chi connectivity index (χ4v) is 7.06. The molecule has 0 radical (unpaired) electrons. The molecular formula is C31H27F3N6O4S. The lowest BCUT2D eigenvalue weighted by Gasteiger charge is -2.32. The number of piperidine rings is 1. The third kappa shape index (κ3) is 5.76. The number of aromatic amines is 1. The lowest BCUT2D eigenvalue weighted by atomic mass is 9.96. The molecule has 0 unspecified atom stereocenters. The summed E-state index contributed by atoms with van der Waals surface area (Å²) in [6.07, 6.45) is 3.82. The Bertz CT molecular complexity index is 1970. The van der Waals surface area contributed by atoms with Crippen LogP contribution in [0.2, 0.25) is 0 Å². The normalized spacial score (nSPS) is 17.8. The summed E-state index contributed by atoms with van der Waals surface area (Å²) in [4.78, 5) is 33.9. The number of nitriles is 1. The number of benzene rings is 2. The molecule has 4 heterocycles. The maximum Gasteiger partial charge on any atom is 0.301 e. The summed E-state index contributed by atoms with van der Waals surface area (Å²) in [7, 11) is -4.36. The standard InChI is InChI=1S/C31H27F3N6O4S/c32-22-7-10-40(16-22)45(43,44)38-26-3-2-25(33)28(29(26)34)30(42)24-15-37-31-23(24)12-21(14-36-31)19-1-4-27(20(11-19)13-35)39-8-5-18(17-41)6-9-39/h1-4,11-12,14-15,17-18,22,38H,5-10,16H2,(H,36,37)/t22-/m1/s1. The first-order valence-electron chi connectivity index (χ1n) is 14.3. The first-order chi connectivity index (χ1) is 21.6. The molecule has 0 saturated carbocycles. The molecule has 2 aromatic carbocycles. The van der Waals surface area contributed by atoms with Gasteiger partial charge in [-0.1, -0.05) is 6.07 Å². The van der Waals surface area contributed by atoms with Crippen molar-refractivity contribution >= 4 is 44.7 Å². The van der Waals surface area contributed by atoms with Gasteiger partial charge in [-0.25, -0.2) is 18.2 Å². The van der Waals surface area contributed by atoms with E-state index in [4.69, 9.17) is 0 Å². The lowest BCUT2D eigenvalue weighted by molar-refractivity contribution is -0.111. The van der Waals surface area contributed by atoms with E-state index in [1.165, 1.54) is 12.4 Å². The molecule has 2 aliphatic heterocycles. The maximum atomic E-state index is 15.6. The predicted molar refractivity (Wildman–Crippen MR) is 161 cm³/mol. The number of rotatable bonds is 8. The van der Waals surface area contributed by atoms with Crippen molar-refractivity contribution in [1.29, 1.82) is 5.26 Å². The fourth-order valence-electron chi connectivity index (χ4n) is 5.79. The fraction of sp³-hybridized carbons (Fsp3) is 0.290. The van der Waals surface area contributed by atoms with Crippen molar-refractivity contribution in [2.45, 2.75) is 25.4 Å². The van der Waals surface area contributed by atoms with Crippen LogP contribution in [0, 0.1) is 28.9 Å². The number of pyridine rings is 1. The van der Waals surface area contributed by atoms with Gasteiger partial charge in [0, 0.05) is 61.0 Å². The molecular weight excluding hydrogens is 609 g/mol. The molecule has 1 atom stereocenters. The van der Waals surface area contributed by atoms with Crippen LogP contribution in [0.4, 0.5) is 24.5 Å². The first-order valence-corrected chi connectivity index (χ1v) is 15.7. The van der Waals surface area contributed by atoms with Crippen LogP contribution in [0.15, 0.2) is 48.8 Å². The van der Waals surface area contributed by atoms with E-state index in [1.807, 2.05) is 10.8 Å². The van der Waals surface area contributed by atoms with Crippen LogP contribution in [0.3, 0.4) is 0 Å². The van der Waals surface area contributed by atoms with Gasteiger partial charge in [0.2, 0.25) is 5.78 Å². The van der Waals surface area contributed by atoms with Gasteiger partial charge in [-0.15, -0.1) is 0 Å². The number of hydrogen-bond acceptors (Lipinski definition) is 7. The Balaban J connectivity index is 1.31. The van der Waals surface area contributed by atoms with Gasteiger partial charge in [-0.3, -0.25) is 9.52 Å². The number of H-pyrrole nitrogens is 1. The number of hydrogen-bond donors (Lipinski definition) is 2. The lowest BCUT2D eigenvalue weighted by Crippen LogP contribution is -2.34. The number of halogens is 3. The zero-order valence-electron chi connectivity index (χ0n) is 23.8. The smallest absolute Gasteiger partial charge is 0.301 e. The molecule has 2 aliphatic rings.